The SMILES string of the molecule is C=CC[C@H]1C[C@H]2CO[C@@H](c3ccccc3)N2C1=O. The molecule has 3 atom stereocenters. The molecule has 2 saturated heterocycles. The number of ether oxygens (including phenoxy) is 1. The van der Waals surface area contributed by atoms with Crippen LogP contribution in [0.5, 0.6) is 0 Å². The van der Waals surface area contributed by atoms with Crippen LogP contribution < -0.4 is 0 Å². The van der Waals surface area contributed by atoms with Crippen LogP contribution in [0.4, 0.5) is 0 Å². The summed E-state index contributed by atoms with van der Waals surface area (Å²) in [6, 6.07) is 10.2. The zero-order valence-electron chi connectivity index (χ0n) is 10.3. The largest absolute Gasteiger partial charge is 0.352 e. The number of hydrogen-bond donors (Lipinski definition) is 0. The van der Waals surface area contributed by atoms with E-state index >= 15 is 0 Å². The van der Waals surface area contributed by atoms with Gasteiger partial charge < -0.3 is 9.64 Å². The van der Waals surface area contributed by atoms with E-state index in [2.05, 4.69) is 6.58 Å². The van der Waals surface area contributed by atoms with E-state index < -0.39 is 0 Å². The van der Waals surface area contributed by atoms with Crippen LogP contribution in [0.25, 0.3) is 0 Å². The molecule has 0 aromatic heterocycles. The maximum absolute atomic E-state index is 12.4. The molecule has 1 aromatic carbocycles. The molecule has 0 bridgehead atoms. The molecule has 2 aliphatic rings. The van der Waals surface area contributed by atoms with Crippen LogP contribution in [0.3, 0.4) is 0 Å². The summed E-state index contributed by atoms with van der Waals surface area (Å²) in [5, 5.41) is 0. The predicted molar refractivity (Wildman–Crippen MR) is 68.7 cm³/mol. The van der Waals surface area contributed by atoms with E-state index in [4.69, 9.17) is 4.74 Å². The Kier molecular flexibility index (Phi) is 2.92. The van der Waals surface area contributed by atoms with Crippen LogP contribution in [0.2, 0.25) is 0 Å². The lowest BCUT2D eigenvalue weighted by Crippen LogP contribution is -2.32. The topological polar surface area (TPSA) is 29.5 Å². The molecule has 3 heteroatoms. The molecular weight excluding hydrogens is 226 g/mol. The fourth-order valence-corrected chi connectivity index (χ4v) is 2.94. The number of hydrogen-bond acceptors (Lipinski definition) is 2. The molecule has 1 amide bonds. The summed E-state index contributed by atoms with van der Waals surface area (Å²) in [5.74, 6) is 0.314. The van der Waals surface area contributed by atoms with Gasteiger partial charge in [0.1, 0.15) is 0 Å². The highest BCUT2D eigenvalue weighted by Crippen LogP contribution is 2.40. The van der Waals surface area contributed by atoms with Gasteiger partial charge in [0.15, 0.2) is 6.23 Å². The van der Waals surface area contributed by atoms with E-state index in [1.807, 2.05) is 41.3 Å². The van der Waals surface area contributed by atoms with E-state index in [0.29, 0.717) is 6.61 Å². The van der Waals surface area contributed by atoms with Crippen molar-refractivity contribution in [2.45, 2.75) is 25.1 Å². The highest BCUT2D eigenvalue weighted by molar-refractivity contribution is 5.82. The van der Waals surface area contributed by atoms with E-state index in [-0.39, 0.29) is 24.1 Å². The summed E-state index contributed by atoms with van der Waals surface area (Å²) in [5.41, 5.74) is 1.06. The quantitative estimate of drug-likeness (QED) is 0.763. The van der Waals surface area contributed by atoms with Crippen molar-refractivity contribution < 1.29 is 9.53 Å². The van der Waals surface area contributed by atoms with Crippen molar-refractivity contribution in [2.75, 3.05) is 6.61 Å². The first-order valence-corrected chi connectivity index (χ1v) is 6.41. The number of rotatable bonds is 3. The minimum atomic E-state index is -0.196. The van der Waals surface area contributed by atoms with Crippen molar-refractivity contribution in [2.24, 2.45) is 5.92 Å². The van der Waals surface area contributed by atoms with E-state index in [0.717, 1.165) is 18.4 Å². The van der Waals surface area contributed by atoms with Crippen molar-refractivity contribution >= 4 is 5.91 Å². The zero-order chi connectivity index (χ0) is 12.5. The van der Waals surface area contributed by atoms with Crippen LogP contribution >= 0.6 is 0 Å². The van der Waals surface area contributed by atoms with Crippen molar-refractivity contribution in [1.29, 1.82) is 0 Å². The third-order valence-corrected chi connectivity index (χ3v) is 3.79. The molecule has 94 valence electrons. The maximum atomic E-state index is 12.4. The monoisotopic (exact) mass is 243 g/mol. The normalized spacial score (nSPS) is 30.6. The fraction of sp³-hybridized carbons (Fsp3) is 0.400. The fourth-order valence-electron chi connectivity index (χ4n) is 2.94. The molecule has 0 N–H and O–H groups in total. The van der Waals surface area contributed by atoms with Crippen molar-refractivity contribution in [3.8, 4) is 0 Å². The molecule has 0 saturated carbocycles. The summed E-state index contributed by atoms with van der Waals surface area (Å²) < 4.78 is 5.78. The van der Waals surface area contributed by atoms with Gasteiger partial charge >= 0.3 is 0 Å². The van der Waals surface area contributed by atoms with E-state index in [1.165, 1.54) is 0 Å². The summed E-state index contributed by atoms with van der Waals surface area (Å²) in [7, 11) is 0. The maximum Gasteiger partial charge on any atom is 0.228 e. The lowest BCUT2D eigenvalue weighted by molar-refractivity contribution is -0.137. The zero-order valence-corrected chi connectivity index (χ0v) is 10.3. The minimum Gasteiger partial charge on any atom is -0.352 e. The smallest absolute Gasteiger partial charge is 0.228 e. The van der Waals surface area contributed by atoms with Crippen LogP contribution in [0, 0.1) is 5.92 Å². The molecule has 2 aliphatic heterocycles. The number of benzene rings is 1. The minimum absolute atomic E-state index is 0.0996. The van der Waals surface area contributed by atoms with Crippen LogP contribution in [0.1, 0.15) is 24.6 Å². The van der Waals surface area contributed by atoms with Crippen LogP contribution in [0.15, 0.2) is 43.0 Å². The van der Waals surface area contributed by atoms with Crippen LogP contribution in [-0.4, -0.2) is 23.5 Å². The summed E-state index contributed by atoms with van der Waals surface area (Å²) in [4.78, 5) is 14.3. The van der Waals surface area contributed by atoms with Crippen molar-refractivity contribution in [3.63, 3.8) is 0 Å². The van der Waals surface area contributed by atoms with Crippen molar-refractivity contribution in [3.05, 3.63) is 48.6 Å². The number of nitrogens with zero attached hydrogens (tertiary/aromatic N) is 1. The van der Waals surface area contributed by atoms with Gasteiger partial charge in [-0.2, -0.15) is 0 Å². The number of carbonyl (C=O) groups excluding carboxylic acids is 1. The second-order valence-electron chi connectivity index (χ2n) is 4.95. The van der Waals surface area contributed by atoms with Gasteiger partial charge in [-0.25, -0.2) is 0 Å². The van der Waals surface area contributed by atoms with Crippen molar-refractivity contribution in [1.82, 2.24) is 4.90 Å². The summed E-state index contributed by atoms with van der Waals surface area (Å²) in [6.45, 7) is 4.38. The molecule has 2 heterocycles. The van der Waals surface area contributed by atoms with Gasteiger partial charge in [-0.3, -0.25) is 4.79 Å². The van der Waals surface area contributed by atoms with Gasteiger partial charge in [0.05, 0.1) is 12.6 Å². The first-order chi connectivity index (χ1) is 8.81. The highest BCUT2D eigenvalue weighted by atomic mass is 16.5. The average molecular weight is 243 g/mol. The van der Waals surface area contributed by atoms with Gasteiger partial charge in [-0.1, -0.05) is 36.4 Å². The second-order valence-corrected chi connectivity index (χ2v) is 4.95. The summed E-state index contributed by atoms with van der Waals surface area (Å²) in [6.07, 6.45) is 3.31. The Labute approximate surface area is 107 Å². The lowest BCUT2D eigenvalue weighted by atomic mass is 10.0. The van der Waals surface area contributed by atoms with E-state index in [9.17, 15) is 4.79 Å². The Morgan fingerprint density at radius 2 is 2.17 bits per heavy atom. The summed E-state index contributed by atoms with van der Waals surface area (Å²) >= 11 is 0. The second kappa shape index (κ2) is 4.58. The predicted octanol–water partition coefficient (Wildman–Crippen LogP) is 2.51. The first kappa shape index (κ1) is 11.5. The first-order valence-electron chi connectivity index (χ1n) is 6.41. The molecular formula is C15H17NO2. The standard InChI is InChI=1S/C15H17NO2/c1-2-6-12-9-13-10-18-15(16(13)14(12)17)11-7-4-3-5-8-11/h2-5,7-8,12-13,15H,1,6,9-10H2/t12-,13-,15-/m0/s1. The van der Waals surface area contributed by atoms with Gasteiger partial charge in [0.25, 0.3) is 0 Å². The molecule has 3 rings (SSSR count). The number of fused-ring (bicyclic) bond motifs is 1. The number of allylic oxidation sites excluding steroid dienone is 1. The van der Waals surface area contributed by atoms with Gasteiger partial charge in [0, 0.05) is 11.5 Å². The third-order valence-electron chi connectivity index (χ3n) is 3.79. The Morgan fingerprint density at radius 3 is 2.89 bits per heavy atom. The van der Waals surface area contributed by atoms with Gasteiger partial charge in [-0.15, -0.1) is 6.58 Å². The molecule has 0 spiro atoms. The number of carbonyl (C=O) groups is 1. The van der Waals surface area contributed by atoms with Gasteiger partial charge in [0.2, 0.25) is 5.91 Å². The van der Waals surface area contributed by atoms with Crippen LogP contribution in [-0.2, 0) is 9.53 Å². The molecule has 0 aliphatic carbocycles. The average Bonchev–Trinajstić information content (AvgIpc) is 2.93. The molecule has 0 unspecified atom stereocenters. The molecule has 2 fully saturated rings. The number of amides is 1. The Bertz CT molecular complexity index is 457. The Balaban J connectivity index is 1.84. The Morgan fingerprint density at radius 1 is 1.39 bits per heavy atom. The highest BCUT2D eigenvalue weighted by Gasteiger charge is 2.47. The molecule has 18 heavy (non-hydrogen) atoms. The molecule has 0 radical (unpaired) electrons. The third kappa shape index (κ3) is 1.75. The van der Waals surface area contributed by atoms with Gasteiger partial charge in [-0.05, 0) is 12.8 Å². The van der Waals surface area contributed by atoms with E-state index in [1.54, 1.807) is 0 Å². The Hall–Kier alpha value is -1.61. The molecule has 3 nitrogen and oxygen atoms in total. The lowest BCUT2D eigenvalue weighted by Gasteiger charge is -2.23. The molecule has 1 aromatic rings.